The van der Waals surface area contributed by atoms with E-state index in [0.717, 1.165) is 12.1 Å². The molecule has 0 atom stereocenters. The average molecular weight is 531 g/mol. The predicted octanol–water partition coefficient (Wildman–Crippen LogP) is 7.52. The number of rotatable bonds is 7. The fraction of sp³-hybridized carbons (Fsp3) is 0.0909. The van der Waals surface area contributed by atoms with Crippen LogP contribution in [-0.4, -0.2) is 24.6 Å². The Morgan fingerprint density at radius 2 is 1.29 bits per heavy atom. The van der Waals surface area contributed by atoms with E-state index in [1.54, 1.807) is 24.3 Å². The van der Waals surface area contributed by atoms with Crippen molar-refractivity contribution in [1.82, 2.24) is 0 Å². The Balaban J connectivity index is 1.87. The molecule has 0 aliphatic carbocycles. The van der Waals surface area contributed by atoms with Crippen molar-refractivity contribution in [3.05, 3.63) is 76.8 Å². The molecule has 35 heavy (non-hydrogen) atoms. The average Bonchev–Trinajstić information content (AvgIpc) is 2.75. The summed E-state index contributed by atoms with van der Waals surface area (Å²) < 4.78 is 56.9. The molecule has 3 aromatic rings. The molecule has 4 amide bonds. The van der Waals surface area contributed by atoms with Crippen LogP contribution in [0.15, 0.2) is 66.7 Å². The van der Waals surface area contributed by atoms with Gasteiger partial charge in [-0.3, -0.25) is 0 Å². The lowest BCUT2D eigenvalue weighted by molar-refractivity contribution is -0.252. The van der Waals surface area contributed by atoms with Crippen molar-refractivity contribution in [3.63, 3.8) is 0 Å². The molecule has 0 spiro atoms. The summed E-state index contributed by atoms with van der Waals surface area (Å²) in [5, 5.41) is 10.1. The first-order valence-corrected chi connectivity index (χ1v) is 10.4. The third kappa shape index (κ3) is 7.39. The molecule has 0 aliphatic heterocycles. The van der Waals surface area contributed by atoms with Gasteiger partial charge in [0, 0.05) is 21.4 Å². The van der Waals surface area contributed by atoms with Crippen LogP contribution in [-0.2, 0) is 0 Å². The van der Waals surface area contributed by atoms with Gasteiger partial charge in [-0.1, -0.05) is 41.4 Å². The molecule has 0 saturated carbocycles. The SMILES string of the molecule is O=C(Nc1cccc(Cl)c1)Nc1cccc(OC(F)(F)C(F)F)c1NC(=O)Nc1cccc(Cl)c1. The van der Waals surface area contributed by atoms with E-state index in [1.807, 2.05) is 0 Å². The number of hydrogen-bond donors (Lipinski definition) is 4. The largest absolute Gasteiger partial charge is 0.461 e. The molecule has 0 aliphatic rings. The van der Waals surface area contributed by atoms with Crippen molar-refractivity contribution in [2.45, 2.75) is 12.5 Å². The lowest BCUT2D eigenvalue weighted by Crippen LogP contribution is -2.34. The van der Waals surface area contributed by atoms with Crippen molar-refractivity contribution in [2.24, 2.45) is 0 Å². The molecule has 0 unspecified atom stereocenters. The summed E-state index contributed by atoms with van der Waals surface area (Å²) in [5.41, 5.74) is -0.179. The fourth-order valence-electron chi connectivity index (χ4n) is 2.73. The first-order chi connectivity index (χ1) is 16.5. The van der Waals surface area contributed by atoms with E-state index in [2.05, 4.69) is 26.0 Å². The highest BCUT2D eigenvalue weighted by atomic mass is 35.5. The number of carbonyl (C=O) groups is 2. The van der Waals surface area contributed by atoms with Crippen LogP contribution in [0.2, 0.25) is 10.0 Å². The van der Waals surface area contributed by atoms with E-state index in [9.17, 15) is 27.2 Å². The lowest BCUT2D eigenvalue weighted by atomic mass is 10.2. The topological polar surface area (TPSA) is 91.5 Å². The lowest BCUT2D eigenvalue weighted by Gasteiger charge is -2.21. The van der Waals surface area contributed by atoms with E-state index in [1.165, 1.54) is 30.3 Å². The Morgan fingerprint density at radius 1 is 0.771 bits per heavy atom. The van der Waals surface area contributed by atoms with Crippen LogP contribution < -0.4 is 26.0 Å². The third-order valence-corrected chi connectivity index (χ3v) is 4.65. The van der Waals surface area contributed by atoms with E-state index in [4.69, 9.17) is 23.2 Å². The monoisotopic (exact) mass is 530 g/mol. The zero-order valence-corrected chi connectivity index (χ0v) is 18.9. The minimum atomic E-state index is -4.87. The standard InChI is InChI=1S/C22H16Cl2F4N4O3/c23-12-4-1-6-14(10-12)29-20(33)31-16-8-3-9-17(35-22(27,28)19(25)26)18(16)32-21(34)30-15-7-2-5-13(24)11-15/h1-11,19H,(H2,29,31,33)(H2,30,32,34). The molecule has 3 rings (SSSR count). The highest BCUT2D eigenvalue weighted by Crippen LogP contribution is 2.37. The van der Waals surface area contributed by atoms with E-state index >= 15 is 0 Å². The van der Waals surface area contributed by atoms with Gasteiger partial charge in [0.15, 0.2) is 5.75 Å². The van der Waals surface area contributed by atoms with Crippen molar-refractivity contribution >= 4 is 58.0 Å². The number of halogens is 6. The first-order valence-electron chi connectivity index (χ1n) is 9.68. The molecule has 0 saturated heterocycles. The van der Waals surface area contributed by atoms with Crippen LogP contribution in [0.25, 0.3) is 0 Å². The Morgan fingerprint density at radius 3 is 1.80 bits per heavy atom. The maximum Gasteiger partial charge on any atom is 0.461 e. The van der Waals surface area contributed by atoms with Crippen molar-refractivity contribution in [2.75, 3.05) is 21.3 Å². The smallest absolute Gasteiger partial charge is 0.426 e. The second-order valence-corrected chi connectivity index (χ2v) is 7.70. The Hall–Kier alpha value is -3.70. The van der Waals surface area contributed by atoms with Gasteiger partial charge in [0.2, 0.25) is 0 Å². The number of amides is 4. The second-order valence-electron chi connectivity index (χ2n) is 6.82. The number of hydrogen-bond acceptors (Lipinski definition) is 3. The van der Waals surface area contributed by atoms with Crippen LogP contribution >= 0.6 is 23.2 Å². The van der Waals surface area contributed by atoms with E-state index in [-0.39, 0.29) is 11.4 Å². The third-order valence-electron chi connectivity index (χ3n) is 4.18. The number of alkyl halides is 4. The summed E-state index contributed by atoms with van der Waals surface area (Å²) >= 11 is 11.7. The predicted molar refractivity (Wildman–Crippen MR) is 126 cm³/mol. The van der Waals surface area contributed by atoms with Gasteiger partial charge in [0.25, 0.3) is 0 Å². The number of para-hydroxylation sites is 1. The van der Waals surface area contributed by atoms with Gasteiger partial charge in [0.05, 0.1) is 5.69 Å². The summed E-state index contributed by atoms with van der Waals surface area (Å²) in [6, 6.07) is 13.7. The summed E-state index contributed by atoms with van der Waals surface area (Å²) in [6.45, 7) is 0. The maximum absolute atomic E-state index is 13.6. The quantitative estimate of drug-likeness (QED) is 0.238. The van der Waals surface area contributed by atoms with Gasteiger partial charge in [-0.05, 0) is 48.5 Å². The van der Waals surface area contributed by atoms with E-state index in [0.29, 0.717) is 15.7 Å². The minimum Gasteiger partial charge on any atom is -0.426 e. The van der Waals surface area contributed by atoms with Gasteiger partial charge in [-0.25, -0.2) is 9.59 Å². The minimum absolute atomic E-state index is 0.228. The fourth-order valence-corrected chi connectivity index (χ4v) is 3.11. The maximum atomic E-state index is 13.6. The summed E-state index contributed by atoms with van der Waals surface area (Å²) in [4.78, 5) is 25.0. The number of benzene rings is 3. The summed E-state index contributed by atoms with van der Waals surface area (Å²) in [6.07, 6.45) is -9.03. The second kappa shape index (κ2) is 11.2. The van der Waals surface area contributed by atoms with Gasteiger partial charge in [-0.2, -0.15) is 17.6 Å². The van der Waals surface area contributed by atoms with Crippen LogP contribution in [0.4, 0.5) is 49.9 Å². The molecule has 0 radical (unpaired) electrons. The highest BCUT2D eigenvalue weighted by Gasteiger charge is 2.44. The van der Waals surface area contributed by atoms with Crippen LogP contribution in [0.5, 0.6) is 5.75 Å². The van der Waals surface area contributed by atoms with Crippen molar-refractivity contribution in [3.8, 4) is 5.75 Å². The zero-order chi connectivity index (χ0) is 25.6. The molecule has 4 N–H and O–H groups in total. The number of anilines is 4. The number of carbonyl (C=O) groups excluding carboxylic acids is 2. The van der Waals surface area contributed by atoms with Crippen molar-refractivity contribution in [1.29, 1.82) is 0 Å². The number of ether oxygens (including phenoxy) is 1. The van der Waals surface area contributed by atoms with Gasteiger partial charge in [-0.15, -0.1) is 0 Å². The Labute approximate surface area is 206 Å². The number of nitrogens with one attached hydrogen (secondary N) is 4. The molecule has 0 aromatic heterocycles. The van der Waals surface area contributed by atoms with Gasteiger partial charge < -0.3 is 26.0 Å². The van der Waals surface area contributed by atoms with Gasteiger partial charge >= 0.3 is 24.6 Å². The molecule has 0 bridgehead atoms. The highest BCUT2D eigenvalue weighted by molar-refractivity contribution is 6.31. The van der Waals surface area contributed by atoms with Gasteiger partial charge in [0.1, 0.15) is 5.69 Å². The molecule has 184 valence electrons. The summed E-state index contributed by atoms with van der Waals surface area (Å²) in [5.74, 6) is -0.822. The van der Waals surface area contributed by atoms with Crippen LogP contribution in [0, 0.1) is 0 Å². The molecule has 3 aromatic carbocycles. The molecule has 7 nitrogen and oxygen atoms in total. The molecule has 13 heteroatoms. The van der Waals surface area contributed by atoms with Crippen molar-refractivity contribution < 1.29 is 31.9 Å². The Bertz CT molecular complexity index is 1230. The molecular formula is C22H16Cl2F4N4O3. The normalized spacial score (nSPS) is 11.1. The zero-order valence-electron chi connectivity index (χ0n) is 17.4. The molecule has 0 heterocycles. The van der Waals surface area contributed by atoms with Crippen LogP contribution in [0.1, 0.15) is 0 Å². The molecule has 0 fully saturated rings. The summed E-state index contributed by atoms with van der Waals surface area (Å²) in [7, 11) is 0. The van der Waals surface area contributed by atoms with E-state index < -0.39 is 36.0 Å². The molecular weight excluding hydrogens is 515 g/mol. The Kier molecular flexibility index (Phi) is 8.26. The number of urea groups is 2. The first kappa shape index (κ1) is 25.9. The van der Waals surface area contributed by atoms with Crippen LogP contribution in [0.3, 0.4) is 0 Å².